The molecular weight excluding hydrogens is 321 g/mol. The number of aliphatic hydroxyl groups is 1. The van der Waals surface area contributed by atoms with Crippen molar-refractivity contribution in [2.24, 2.45) is 0 Å². The van der Waals surface area contributed by atoms with E-state index in [0.29, 0.717) is 19.0 Å². The fourth-order valence-electron chi connectivity index (χ4n) is 2.76. The Balaban J connectivity index is 1.59. The van der Waals surface area contributed by atoms with E-state index in [4.69, 9.17) is 9.84 Å². The van der Waals surface area contributed by atoms with Gasteiger partial charge in [-0.25, -0.2) is 14.4 Å². The molecule has 2 heterocycles. The molecule has 1 aromatic heterocycles. The topological polar surface area (TPSA) is 48.8 Å². The van der Waals surface area contributed by atoms with Gasteiger partial charge in [0.05, 0.1) is 13.2 Å². The second-order valence-corrected chi connectivity index (χ2v) is 6.00. The number of rotatable bonds is 7. The number of β-amino-alcohol motifs (C(OH)–C–C–N with tert-alkyl or cyclic N) is 1. The fourth-order valence-corrected chi connectivity index (χ4v) is 2.76. The third-order valence-electron chi connectivity index (χ3n) is 4.03. The monoisotopic (exact) mass is 343 g/mol. The van der Waals surface area contributed by atoms with E-state index in [1.807, 2.05) is 24.3 Å². The molecule has 2 aromatic rings. The number of hydrazine groups is 1. The lowest BCUT2D eigenvalue weighted by Gasteiger charge is -2.28. The summed E-state index contributed by atoms with van der Waals surface area (Å²) < 4.78 is 18.7. The van der Waals surface area contributed by atoms with E-state index in [1.54, 1.807) is 12.1 Å². The standard InChI is InChI=1S/C19H22FN3O2/c1-15-11-17(13-23-8-2-7-22(23)9-10-24)12-21-19(15)25-14-16-3-5-18(20)6-4-16/h2-7,11-12,24H,8-10,13-14H2,1H3. The van der Waals surface area contributed by atoms with Crippen molar-refractivity contribution in [1.82, 2.24) is 15.0 Å². The lowest BCUT2D eigenvalue weighted by Crippen LogP contribution is -2.36. The van der Waals surface area contributed by atoms with Crippen LogP contribution in [0.4, 0.5) is 4.39 Å². The number of benzene rings is 1. The molecule has 1 aliphatic heterocycles. The van der Waals surface area contributed by atoms with Gasteiger partial charge in [-0.2, -0.15) is 0 Å². The van der Waals surface area contributed by atoms with Gasteiger partial charge in [0.2, 0.25) is 5.88 Å². The summed E-state index contributed by atoms with van der Waals surface area (Å²) in [6.45, 7) is 4.56. The van der Waals surface area contributed by atoms with Gasteiger partial charge in [0.25, 0.3) is 0 Å². The lowest BCUT2D eigenvalue weighted by molar-refractivity contribution is 0.0284. The molecule has 0 aliphatic carbocycles. The van der Waals surface area contributed by atoms with Gasteiger partial charge in [-0.15, -0.1) is 0 Å². The number of nitrogens with zero attached hydrogens (tertiary/aromatic N) is 3. The summed E-state index contributed by atoms with van der Waals surface area (Å²) in [6.07, 6.45) is 5.86. The molecule has 0 spiro atoms. The van der Waals surface area contributed by atoms with Gasteiger partial charge in [-0.05, 0) is 36.2 Å². The molecule has 6 heteroatoms. The summed E-state index contributed by atoms with van der Waals surface area (Å²) in [5.41, 5.74) is 2.94. The first-order chi connectivity index (χ1) is 12.2. The molecule has 0 unspecified atom stereocenters. The molecule has 1 aliphatic rings. The zero-order valence-electron chi connectivity index (χ0n) is 14.2. The Morgan fingerprint density at radius 2 is 2.04 bits per heavy atom. The van der Waals surface area contributed by atoms with E-state index in [2.05, 4.69) is 22.1 Å². The van der Waals surface area contributed by atoms with Gasteiger partial charge >= 0.3 is 0 Å². The van der Waals surface area contributed by atoms with E-state index in [9.17, 15) is 4.39 Å². The summed E-state index contributed by atoms with van der Waals surface area (Å²) in [6, 6.07) is 8.31. The summed E-state index contributed by atoms with van der Waals surface area (Å²) in [7, 11) is 0. The number of halogens is 1. The van der Waals surface area contributed by atoms with E-state index in [0.717, 1.165) is 29.8 Å². The first-order valence-electron chi connectivity index (χ1n) is 8.27. The summed E-state index contributed by atoms with van der Waals surface area (Å²) in [5.74, 6) is 0.328. The van der Waals surface area contributed by atoms with Gasteiger partial charge in [-0.1, -0.05) is 18.2 Å². The summed E-state index contributed by atoms with van der Waals surface area (Å²) in [5, 5.41) is 13.3. The van der Waals surface area contributed by atoms with E-state index in [-0.39, 0.29) is 12.4 Å². The van der Waals surface area contributed by atoms with Crippen LogP contribution >= 0.6 is 0 Å². The van der Waals surface area contributed by atoms with Crippen LogP contribution in [0.1, 0.15) is 16.7 Å². The van der Waals surface area contributed by atoms with Crippen LogP contribution in [-0.4, -0.2) is 39.8 Å². The first kappa shape index (κ1) is 17.4. The molecular formula is C19H22FN3O2. The Bertz CT molecular complexity index is 734. The fraction of sp³-hybridized carbons (Fsp3) is 0.316. The van der Waals surface area contributed by atoms with Crippen molar-refractivity contribution in [3.63, 3.8) is 0 Å². The molecule has 132 valence electrons. The molecule has 0 saturated heterocycles. The van der Waals surface area contributed by atoms with Crippen molar-refractivity contribution in [1.29, 1.82) is 0 Å². The molecule has 0 amide bonds. The minimum Gasteiger partial charge on any atom is -0.473 e. The zero-order valence-corrected chi connectivity index (χ0v) is 14.2. The third-order valence-corrected chi connectivity index (χ3v) is 4.03. The predicted octanol–water partition coefficient (Wildman–Crippen LogP) is 2.65. The maximum Gasteiger partial charge on any atom is 0.216 e. The van der Waals surface area contributed by atoms with Crippen LogP contribution in [0.5, 0.6) is 5.88 Å². The van der Waals surface area contributed by atoms with Crippen LogP contribution in [0.15, 0.2) is 48.8 Å². The molecule has 25 heavy (non-hydrogen) atoms. The second-order valence-electron chi connectivity index (χ2n) is 6.00. The summed E-state index contributed by atoms with van der Waals surface area (Å²) in [4.78, 5) is 4.41. The van der Waals surface area contributed by atoms with E-state index < -0.39 is 0 Å². The Morgan fingerprint density at radius 3 is 2.76 bits per heavy atom. The number of aromatic nitrogens is 1. The average molecular weight is 343 g/mol. The van der Waals surface area contributed by atoms with Gasteiger partial charge in [0.1, 0.15) is 12.4 Å². The van der Waals surface area contributed by atoms with Gasteiger partial charge in [0, 0.05) is 31.0 Å². The average Bonchev–Trinajstić information content (AvgIpc) is 3.03. The number of hydrogen-bond donors (Lipinski definition) is 1. The molecule has 0 bridgehead atoms. The molecule has 3 rings (SSSR count). The van der Waals surface area contributed by atoms with Crippen molar-refractivity contribution in [2.45, 2.75) is 20.1 Å². The molecule has 0 radical (unpaired) electrons. The predicted molar refractivity (Wildman–Crippen MR) is 93.0 cm³/mol. The van der Waals surface area contributed by atoms with Gasteiger partial charge in [0.15, 0.2) is 0 Å². The highest BCUT2D eigenvalue weighted by Crippen LogP contribution is 2.19. The Kier molecular flexibility index (Phi) is 5.63. The van der Waals surface area contributed by atoms with Gasteiger partial charge < -0.3 is 14.9 Å². The van der Waals surface area contributed by atoms with Crippen LogP contribution in [0.3, 0.4) is 0 Å². The van der Waals surface area contributed by atoms with Crippen molar-refractivity contribution in [3.8, 4) is 5.88 Å². The van der Waals surface area contributed by atoms with Crippen molar-refractivity contribution < 1.29 is 14.2 Å². The molecule has 5 nitrogen and oxygen atoms in total. The Morgan fingerprint density at radius 1 is 1.24 bits per heavy atom. The van der Waals surface area contributed by atoms with Crippen molar-refractivity contribution in [3.05, 3.63) is 71.3 Å². The summed E-state index contributed by atoms with van der Waals surface area (Å²) >= 11 is 0. The molecule has 1 N–H and O–H groups in total. The normalized spacial score (nSPS) is 14.3. The maximum atomic E-state index is 12.9. The number of hydrogen-bond acceptors (Lipinski definition) is 5. The highest BCUT2D eigenvalue weighted by Gasteiger charge is 2.16. The third kappa shape index (κ3) is 4.55. The van der Waals surface area contributed by atoms with E-state index >= 15 is 0 Å². The molecule has 0 fully saturated rings. The van der Waals surface area contributed by atoms with Gasteiger partial charge in [-0.3, -0.25) is 0 Å². The van der Waals surface area contributed by atoms with Crippen LogP contribution in [0.2, 0.25) is 0 Å². The molecule has 0 atom stereocenters. The lowest BCUT2D eigenvalue weighted by atomic mass is 10.2. The molecule has 0 saturated carbocycles. The van der Waals surface area contributed by atoms with Crippen LogP contribution in [0, 0.1) is 12.7 Å². The number of aliphatic hydroxyl groups excluding tert-OH is 1. The maximum absolute atomic E-state index is 12.9. The SMILES string of the molecule is Cc1cc(CN2CC=CN2CCO)cnc1OCc1ccc(F)cc1. The number of pyridine rings is 1. The minimum atomic E-state index is -0.256. The smallest absolute Gasteiger partial charge is 0.216 e. The van der Waals surface area contributed by atoms with Crippen LogP contribution in [0.25, 0.3) is 0 Å². The number of ether oxygens (including phenoxy) is 1. The minimum absolute atomic E-state index is 0.119. The zero-order chi connectivity index (χ0) is 17.6. The Labute approximate surface area is 146 Å². The highest BCUT2D eigenvalue weighted by atomic mass is 19.1. The molecule has 1 aromatic carbocycles. The Hall–Kier alpha value is -2.44. The van der Waals surface area contributed by atoms with Crippen molar-refractivity contribution in [2.75, 3.05) is 19.7 Å². The van der Waals surface area contributed by atoms with Crippen LogP contribution in [-0.2, 0) is 13.2 Å². The van der Waals surface area contributed by atoms with Crippen LogP contribution < -0.4 is 4.74 Å². The number of aryl methyl sites for hydroxylation is 1. The quantitative estimate of drug-likeness (QED) is 0.838. The first-order valence-corrected chi connectivity index (χ1v) is 8.27. The highest BCUT2D eigenvalue weighted by molar-refractivity contribution is 5.29. The van der Waals surface area contributed by atoms with Crippen molar-refractivity contribution >= 4 is 0 Å². The largest absolute Gasteiger partial charge is 0.473 e. The second kappa shape index (κ2) is 8.09. The van der Waals surface area contributed by atoms with E-state index in [1.165, 1.54) is 12.1 Å².